The molecule has 100 valence electrons. The summed E-state index contributed by atoms with van der Waals surface area (Å²) >= 11 is 0. The standard InChI is InChI=1S/C15H24N2O/c1-13-5-7-15(8-6-13)18-11-10-17(2)12-14-4-3-9-16-14/h5-8,14,16H,3-4,9-12H2,1-2H3. The minimum absolute atomic E-state index is 0.675. The van der Waals surface area contributed by atoms with Gasteiger partial charge in [0.2, 0.25) is 0 Å². The third-order valence-electron chi connectivity index (χ3n) is 3.46. The van der Waals surface area contributed by atoms with Crippen molar-refractivity contribution >= 4 is 0 Å². The zero-order chi connectivity index (χ0) is 12.8. The highest BCUT2D eigenvalue weighted by Crippen LogP contribution is 2.11. The molecule has 3 heteroatoms. The number of nitrogens with one attached hydrogen (secondary N) is 1. The lowest BCUT2D eigenvalue weighted by Gasteiger charge is -2.21. The van der Waals surface area contributed by atoms with E-state index in [1.165, 1.54) is 24.9 Å². The van der Waals surface area contributed by atoms with Gasteiger partial charge in [0.15, 0.2) is 0 Å². The van der Waals surface area contributed by atoms with Crippen LogP contribution in [0.15, 0.2) is 24.3 Å². The van der Waals surface area contributed by atoms with Crippen LogP contribution in [0.4, 0.5) is 0 Å². The Morgan fingerprint density at radius 2 is 2.11 bits per heavy atom. The summed E-state index contributed by atoms with van der Waals surface area (Å²) in [6.45, 7) is 6.13. The first-order valence-corrected chi connectivity index (χ1v) is 6.85. The van der Waals surface area contributed by atoms with Crippen molar-refractivity contribution in [3.05, 3.63) is 29.8 Å². The molecular weight excluding hydrogens is 224 g/mol. The summed E-state index contributed by atoms with van der Waals surface area (Å²) in [4.78, 5) is 2.34. The summed E-state index contributed by atoms with van der Waals surface area (Å²) in [6.07, 6.45) is 2.63. The van der Waals surface area contributed by atoms with Crippen molar-refractivity contribution in [2.45, 2.75) is 25.8 Å². The van der Waals surface area contributed by atoms with Gasteiger partial charge in [-0.2, -0.15) is 0 Å². The fourth-order valence-corrected chi connectivity index (χ4v) is 2.33. The average Bonchev–Trinajstić information content (AvgIpc) is 2.84. The molecule has 3 nitrogen and oxygen atoms in total. The SMILES string of the molecule is Cc1ccc(OCCN(C)CC2CCCN2)cc1. The maximum absolute atomic E-state index is 5.73. The van der Waals surface area contributed by atoms with Crippen molar-refractivity contribution in [3.63, 3.8) is 0 Å². The Labute approximate surface area is 110 Å². The van der Waals surface area contributed by atoms with Gasteiger partial charge in [0.1, 0.15) is 12.4 Å². The Balaban J connectivity index is 1.63. The maximum Gasteiger partial charge on any atom is 0.119 e. The summed E-state index contributed by atoms with van der Waals surface area (Å²) < 4.78 is 5.73. The van der Waals surface area contributed by atoms with E-state index in [0.29, 0.717) is 6.04 Å². The molecule has 1 aliphatic rings. The zero-order valence-corrected chi connectivity index (χ0v) is 11.5. The molecule has 1 saturated heterocycles. The van der Waals surface area contributed by atoms with Crippen LogP contribution < -0.4 is 10.1 Å². The normalized spacial score (nSPS) is 19.4. The van der Waals surface area contributed by atoms with Crippen molar-refractivity contribution in [1.82, 2.24) is 10.2 Å². The molecule has 1 unspecified atom stereocenters. The molecule has 0 spiro atoms. The third kappa shape index (κ3) is 4.31. The van der Waals surface area contributed by atoms with Crippen molar-refractivity contribution < 1.29 is 4.74 Å². The van der Waals surface area contributed by atoms with E-state index >= 15 is 0 Å². The van der Waals surface area contributed by atoms with Crippen LogP contribution in [0.1, 0.15) is 18.4 Å². The summed E-state index contributed by atoms with van der Waals surface area (Å²) in [5.74, 6) is 0.966. The second-order valence-corrected chi connectivity index (χ2v) is 5.22. The topological polar surface area (TPSA) is 24.5 Å². The van der Waals surface area contributed by atoms with Gasteiger partial charge in [0, 0.05) is 19.1 Å². The number of aryl methyl sites for hydroxylation is 1. The van der Waals surface area contributed by atoms with Gasteiger partial charge >= 0.3 is 0 Å². The second-order valence-electron chi connectivity index (χ2n) is 5.22. The first-order valence-electron chi connectivity index (χ1n) is 6.85. The van der Waals surface area contributed by atoms with Crippen molar-refractivity contribution in [3.8, 4) is 5.75 Å². The summed E-state index contributed by atoms with van der Waals surface area (Å²) in [5, 5.41) is 3.52. The molecule has 1 N–H and O–H groups in total. The van der Waals surface area contributed by atoms with Crippen LogP contribution in [0.3, 0.4) is 0 Å². The maximum atomic E-state index is 5.73. The van der Waals surface area contributed by atoms with Gasteiger partial charge in [-0.05, 0) is 45.5 Å². The molecule has 1 aliphatic heterocycles. The fourth-order valence-electron chi connectivity index (χ4n) is 2.33. The van der Waals surface area contributed by atoms with Crippen molar-refractivity contribution in [2.24, 2.45) is 0 Å². The van der Waals surface area contributed by atoms with E-state index in [1.807, 2.05) is 12.1 Å². The number of hydrogen-bond acceptors (Lipinski definition) is 3. The molecule has 1 atom stereocenters. The first-order chi connectivity index (χ1) is 8.74. The summed E-state index contributed by atoms with van der Waals surface area (Å²) in [7, 11) is 2.17. The molecule has 0 radical (unpaired) electrons. The van der Waals surface area contributed by atoms with Crippen LogP contribution in [-0.2, 0) is 0 Å². The van der Waals surface area contributed by atoms with Crippen LogP contribution in [0.2, 0.25) is 0 Å². The van der Waals surface area contributed by atoms with Gasteiger partial charge in [-0.25, -0.2) is 0 Å². The third-order valence-corrected chi connectivity index (χ3v) is 3.46. The molecule has 0 aromatic heterocycles. The predicted octanol–water partition coefficient (Wildman–Crippen LogP) is 2.06. The second kappa shape index (κ2) is 6.76. The zero-order valence-electron chi connectivity index (χ0n) is 11.5. The van der Waals surface area contributed by atoms with E-state index < -0.39 is 0 Å². The van der Waals surface area contributed by atoms with Gasteiger partial charge in [0.05, 0.1) is 0 Å². The van der Waals surface area contributed by atoms with E-state index in [0.717, 1.165) is 25.4 Å². The Hall–Kier alpha value is -1.06. The van der Waals surface area contributed by atoms with Crippen molar-refractivity contribution in [1.29, 1.82) is 0 Å². The number of nitrogens with zero attached hydrogens (tertiary/aromatic N) is 1. The van der Waals surface area contributed by atoms with E-state index in [2.05, 4.69) is 36.3 Å². The van der Waals surface area contributed by atoms with Crippen LogP contribution >= 0.6 is 0 Å². The number of likely N-dealkylation sites (N-methyl/N-ethyl adjacent to an activating group) is 1. The molecule has 1 aromatic rings. The van der Waals surface area contributed by atoms with Gasteiger partial charge < -0.3 is 15.0 Å². The van der Waals surface area contributed by atoms with Gasteiger partial charge in [-0.1, -0.05) is 17.7 Å². The number of hydrogen-bond donors (Lipinski definition) is 1. The van der Waals surface area contributed by atoms with E-state index in [4.69, 9.17) is 4.74 Å². The first kappa shape index (κ1) is 13.4. The lowest BCUT2D eigenvalue weighted by molar-refractivity contribution is 0.225. The largest absolute Gasteiger partial charge is 0.492 e. The smallest absolute Gasteiger partial charge is 0.119 e. The Morgan fingerprint density at radius 1 is 1.33 bits per heavy atom. The predicted molar refractivity (Wildman–Crippen MR) is 75.2 cm³/mol. The monoisotopic (exact) mass is 248 g/mol. The Bertz CT molecular complexity index is 344. The van der Waals surface area contributed by atoms with Gasteiger partial charge in [-0.15, -0.1) is 0 Å². The molecule has 2 rings (SSSR count). The molecule has 0 aliphatic carbocycles. The number of benzene rings is 1. The summed E-state index contributed by atoms with van der Waals surface area (Å²) in [5.41, 5.74) is 1.27. The quantitative estimate of drug-likeness (QED) is 0.834. The number of ether oxygens (including phenoxy) is 1. The van der Waals surface area contributed by atoms with Crippen LogP contribution in [0, 0.1) is 6.92 Å². The molecule has 0 bridgehead atoms. The lowest BCUT2D eigenvalue weighted by Crippen LogP contribution is -2.37. The van der Waals surface area contributed by atoms with Gasteiger partial charge in [0.25, 0.3) is 0 Å². The van der Waals surface area contributed by atoms with Crippen LogP contribution in [0.5, 0.6) is 5.75 Å². The minimum atomic E-state index is 0.675. The lowest BCUT2D eigenvalue weighted by atomic mass is 10.2. The minimum Gasteiger partial charge on any atom is -0.492 e. The molecular formula is C15H24N2O. The highest BCUT2D eigenvalue weighted by molar-refractivity contribution is 5.26. The van der Waals surface area contributed by atoms with Crippen molar-refractivity contribution in [2.75, 3.05) is 33.3 Å². The highest BCUT2D eigenvalue weighted by atomic mass is 16.5. The fraction of sp³-hybridized carbons (Fsp3) is 0.600. The molecule has 0 amide bonds. The average molecular weight is 248 g/mol. The number of rotatable bonds is 6. The molecule has 18 heavy (non-hydrogen) atoms. The van der Waals surface area contributed by atoms with E-state index in [1.54, 1.807) is 0 Å². The van der Waals surface area contributed by atoms with Crippen LogP contribution in [-0.4, -0.2) is 44.2 Å². The van der Waals surface area contributed by atoms with Crippen LogP contribution in [0.25, 0.3) is 0 Å². The summed E-state index contributed by atoms with van der Waals surface area (Å²) in [6, 6.07) is 8.92. The van der Waals surface area contributed by atoms with E-state index in [-0.39, 0.29) is 0 Å². The Morgan fingerprint density at radius 3 is 2.78 bits per heavy atom. The van der Waals surface area contributed by atoms with Gasteiger partial charge in [-0.3, -0.25) is 0 Å². The highest BCUT2D eigenvalue weighted by Gasteiger charge is 2.15. The van der Waals surface area contributed by atoms with E-state index in [9.17, 15) is 0 Å². The molecule has 1 heterocycles. The Kier molecular flexibility index (Phi) is 5.02. The molecule has 1 fully saturated rings. The molecule has 1 aromatic carbocycles. The molecule has 0 saturated carbocycles.